The molecule has 0 unspecified atom stereocenters. The van der Waals surface area contributed by atoms with Gasteiger partial charge in [0.15, 0.2) is 5.82 Å². The Kier molecular flexibility index (Phi) is 4.65. The minimum Gasteiger partial charge on any atom is -0.370 e. The second-order valence-corrected chi connectivity index (χ2v) is 4.40. The van der Waals surface area contributed by atoms with Crippen molar-refractivity contribution in [2.24, 2.45) is 7.05 Å². The third-order valence-electron chi connectivity index (χ3n) is 2.79. The Balaban J connectivity index is 1.90. The van der Waals surface area contributed by atoms with E-state index in [9.17, 15) is 4.79 Å². The Bertz CT molecular complexity index is 562. The molecule has 2 aromatic heterocycles. The molecule has 106 valence electrons. The van der Waals surface area contributed by atoms with Crippen molar-refractivity contribution >= 4 is 11.7 Å². The van der Waals surface area contributed by atoms with Crippen LogP contribution in [0.2, 0.25) is 0 Å². The summed E-state index contributed by atoms with van der Waals surface area (Å²) in [5.41, 5.74) is 0.522. The lowest BCUT2D eigenvalue weighted by Crippen LogP contribution is -2.24. The Labute approximate surface area is 117 Å². The molecule has 7 heteroatoms. The van der Waals surface area contributed by atoms with E-state index >= 15 is 0 Å². The molecule has 1 amide bonds. The van der Waals surface area contributed by atoms with Gasteiger partial charge in [-0.2, -0.15) is 0 Å². The van der Waals surface area contributed by atoms with Gasteiger partial charge in [0.2, 0.25) is 0 Å². The molecule has 0 saturated heterocycles. The number of anilines is 1. The van der Waals surface area contributed by atoms with Crippen molar-refractivity contribution in [2.45, 2.75) is 19.9 Å². The maximum atomic E-state index is 11.9. The highest BCUT2D eigenvalue weighted by molar-refractivity contribution is 5.93. The van der Waals surface area contributed by atoms with E-state index in [-0.39, 0.29) is 5.91 Å². The summed E-state index contributed by atoms with van der Waals surface area (Å²) in [5, 5.41) is 13.6. The summed E-state index contributed by atoms with van der Waals surface area (Å²) < 4.78 is 1.76. The van der Waals surface area contributed by atoms with Gasteiger partial charge in [-0.3, -0.25) is 4.79 Å². The number of aryl methyl sites for hydroxylation is 1. The van der Waals surface area contributed by atoms with Crippen LogP contribution in [0.4, 0.5) is 5.82 Å². The molecule has 0 aromatic carbocycles. The van der Waals surface area contributed by atoms with Gasteiger partial charge in [0.1, 0.15) is 12.1 Å². The van der Waals surface area contributed by atoms with Crippen molar-refractivity contribution in [3.63, 3.8) is 0 Å². The third-order valence-corrected chi connectivity index (χ3v) is 2.79. The Morgan fingerprint density at radius 1 is 1.40 bits per heavy atom. The van der Waals surface area contributed by atoms with Crippen LogP contribution in [0.15, 0.2) is 24.7 Å². The number of amides is 1. The summed E-state index contributed by atoms with van der Waals surface area (Å²) >= 11 is 0. The number of rotatable bonds is 6. The van der Waals surface area contributed by atoms with Gasteiger partial charge in [0, 0.05) is 19.8 Å². The van der Waals surface area contributed by atoms with Gasteiger partial charge < -0.3 is 15.2 Å². The summed E-state index contributed by atoms with van der Waals surface area (Å²) in [4.78, 5) is 16.1. The molecule has 2 heterocycles. The normalized spacial score (nSPS) is 10.3. The molecule has 20 heavy (non-hydrogen) atoms. The van der Waals surface area contributed by atoms with E-state index in [0.717, 1.165) is 18.8 Å². The molecule has 7 nitrogen and oxygen atoms in total. The van der Waals surface area contributed by atoms with Crippen molar-refractivity contribution in [1.82, 2.24) is 25.1 Å². The topological polar surface area (TPSA) is 84.7 Å². The van der Waals surface area contributed by atoms with Crippen molar-refractivity contribution in [1.29, 1.82) is 0 Å². The lowest BCUT2D eigenvalue weighted by atomic mass is 10.2. The molecule has 0 aliphatic carbocycles. The summed E-state index contributed by atoms with van der Waals surface area (Å²) in [5.74, 6) is 1.30. The molecule has 0 aliphatic heterocycles. The fourth-order valence-corrected chi connectivity index (χ4v) is 1.61. The number of carbonyl (C=O) groups is 1. The largest absolute Gasteiger partial charge is 0.370 e. The number of pyridine rings is 1. The van der Waals surface area contributed by atoms with Gasteiger partial charge in [0.25, 0.3) is 5.91 Å². The molecule has 0 bridgehead atoms. The first-order valence-corrected chi connectivity index (χ1v) is 6.51. The first kappa shape index (κ1) is 14.0. The number of aromatic nitrogens is 4. The van der Waals surface area contributed by atoms with E-state index in [0.29, 0.717) is 17.9 Å². The Morgan fingerprint density at radius 2 is 2.25 bits per heavy atom. The average molecular weight is 274 g/mol. The van der Waals surface area contributed by atoms with Gasteiger partial charge in [-0.15, -0.1) is 10.2 Å². The van der Waals surface area contributed by atoms with E-state index in [1.165, 1.54) is 0 Å². The molecule has 2 rings (SSSR count). The molecule has 2 aromatic rings. The quantitative estimate of drug-likeness (QED) is 0.819. The SMILES string of the molecule is CCCNc1ccc(C(=O)NCc2nncn2C)cn1. The van der Waals surface area contributed by atoms with Crippen molar-refractivity contribution in [3.05, 3.63) is 36.0 Å². The summed E-state index contributed by atoms with van der Waals surface area (Å²) in [6.45, 7) is 3.29. The van der Waals surface area contributed by atoms with E-state index in [2.05, 4.69) is 32.7 Å². The maximum absolute atomic E-state index is 11.9. The van der Waals surface area contributed by atoms with Crippen LogP contribution in [0.3, 0.4) is 0 Å². The predicted octanol–water partition coefficient (Wildman–Crippen LogP) is 0.962. The molecule has 2 N–H and O–H groups in total. The highest BCUT2D eigenvalue weighted by Gasteiger charge is 2.07. The fraction of sp³-hybridized carbons (Fsp3) is 0.385. The van der Waals surface area contributed by atoms with Crippen molar-refractivity contribution in [2.75, 3.05) is 11.9 Å². The van der Waals surface area contributed by atoms with E-state index < -0.39 is 0 Å². The lowest BCUT2D eigenvalue weighted by molar-refractivity contribution is 0.0949. The first-order chi connectivity index (χ1) is 9.70. The van der Waals surface area contributed by atoms with Gasteiger partial charge in [-0.25, -0.2) is 4.98 Å². The minimum absolute atomic E-state index is 0.178. The molecule has 0 atom stereocenters. The first-order valence-electron chi connectivity index (χ1n) is 6.51. The lowest BCUT2D eigenvalue weighted by Gasteiger charge is -2.06. The fourth-order valence-electron chi connectivity index (χ4n) is 1.61. The van der Waals surface area contributed by atoms with E-state index in [4.69, 9.17) is 0 Å². The maximum Gasteiger partial charge on any atom is 0.253 e. The summed E-state index contributed by atoms with van der Waals surface area (Å²) in [6.07, 6.45) is 4.18. The smallest absolute Gasteiger partial charge is 0.253 e. The molecule has 0 spiro atoms. The minimum atomic E-state index is -0.178. The predicted molar refractivity (Wildman–Crippen MR) is 75.2 cm³/mol. The van der Waals surface area contributed by atoms with Gasteiger partial charge in [-0.05, 0) is 18.6 Å². The monoisotopic (exact) mass is 274 g/mol. The second-order valence-electron chi connectivity index (χ2n) is 4.40. The van der Waals surface area contributed by atoms with Crippen LogP contribution in [0.25, 0.3) is 0 Å². The van der Waals surface area contributed by atoms with Crippen LogP contribution in [-0.2, 0) is 13.6 Å². The number of hydrogen-bond donors (Lipinski definition) is 2. The number of nitrogens with zero attached hydrogens (tertiary/aromatic N) is 4. The Hall–Kier alpha value is -2.44. The van der Waals surface area contributed by atoms with E-state index in [1.54, 1.807) is 29.2 Å². The zero-order valence-corrected chi connectivity index (χ0v) is 11.6. The Morgan fingerprint density at radius 3 is 2.85 bits per heavy atom. The van der Waals surface area contributed by atoms with Crippen molar-refractivity contribution < 1.29 is 4.79 Å². The zero-order chi connectivity index (χ0) is 14.4. The van der Waals surface area contributed by atoms with Crippen LogP contribution in [0.1, 0.15) is 29.5 Å². The highest BCUT2D eigenvalue weighted by Crippen LogP contribution is 2.05. The van der Waals surface area contributed by atoms with Crippen LogP contribution in [0.5, 0.6) is 0 Å². The summed E-state index contributed by atoms with van der Waals surface area (Å²) in [6, 6.07) is 3.55. The molecule has 0 fully saturated rings. The van der Waals surface area contributed by atoms with Gasteiger partial charge in [-0.1, -0.05) is 6.92 Å². The molecular weight excluding hydrogens is 256 g/mol. The zero-order valence-electron chi connectivity index (χ0n) is 11.6. The van der Waals surface area contributed by atoms with Crippen LogP contribution in [-0.4, -0.2) is 32.2 Å². The molecular formula is C13H18N6O. The molecule has 0 saturated carbocycles. The van der Waals surface area contributed by atoms with Crippen LogP contribution < -0.4 is 10.6 Å². The average Bonchev–Trinajstić information content (AvgIpc) is 2.88. The molecule has 0 aliphatic rings. The van der Waals surface area contributed by atoms with Crippen LogP contribution in [0, 0.1) is 0 Å². The number of hydrogen-bond acceptors (Lipinski definition) is 5. The number of carbonyl (C=O) groups excluding carboxylic acids is 1. The number of nitrogens with one attached hydrogen (secondary N) is 2. The highest BCUT2D eigenvalue weighted by atomic mass is 16.1. The van der Waals surface area contributed by atoms with Gasteiger partial charge in [0.05, 0.1) is 12.1 Å². The standard InChI is InChI=1S/C13H18N6O/c1-3-6-14-11-5-4-10(7-15-11)13(20)16-8-12-18-17-9-19(12)2/h4-5,7,9H,3,6,8H2,1-2H3,(H,14,15)(H,16,20). The van der Waals surface area contributed by atoms with Crippen molar-refractivity contribution in [3.8, 4) is 0 Å². The molecule has 0 radical (unpaired) electrons. The summed E-state index contributed by atoms with van der Waals surface area (Å²) in [7, 11) is 1.83. The van der Waals surface area contributed by atoms with Crippen LogP contribution >= 0.6 is 0 Å². The van der Waals surface area contributed by atoms with Gasteiger partial charge >= 0.3 is 0 Å². The third kappa shape index (κ3) is 3.53. The van der Waals surface area contributed by atoms with E-state index in [1.807, 2.05) is 7.05 Å². The second kappa shape index (κ2) is 6.65.